The van der Waals surface area contributed by atoms with Crippen LogP contribution >= 0.6 is 12.4 Å². The molecule has 7 heteroatoms. The first-order valence-electron chi connectivity index (χ1n) is 8.43. The number of anilines is 1. The van der Waals surface area contributed by atoms with Crippen molar-refractivity contribution in [3.05, 3.63) is 53.0 Å². The van der Waals surface area contributed by atoms with Gasteiger partial charge in [0.25, 0.3) is 5.91 Å². The molecule has 6 nitrogen and oxygen atoms in total. The number of carbonyl (C=O) groups is 2. The van der Waals surface area contributed by atoms with Crippen LogP contribution in [0.2, 0.25) is 0 Å². The summed E-state index contributed by atoms with van der Waals surface area (Å²) in [5, 5.41) is 6.03. The maximum atomic E-state index is 12.4. The monoisotopic (exact) mass is 378 g/mol. The second-order valence-corrected chi connectivity index (χ2v) is 6.22. The Bertz CT molecular complexity index is 782. The number of aryl methyl sites for hydroxylation is 2. The summed E-state index contributed by atoms with van der Waals surface area (Å²) in [5.74, 6) is 0.620. The van der Waals surface area contributed by atoms with Crippen molar-refractivity contribution in [2.45, 2.75) is 32.8 Å². The first kappa shape index (κ1) is 20.0. The number of benzene rings is 1. The third-order valence-corrected chi connectivity index (χ3v) is 4.20. The Balaban J connectivity index is 0.00000243. The molecule has 1 aromatic heterocycles. The van der Waals surface area contributed by atoms with Crippen molar-refractivity contribution in [3.8, 4) is 0 Å². The van der Waals surface area contributed by atoms with Gasteiger partial charge in [-0.3, -0.25) is 4.79 Å². The molecule has 26 heavy (non-hydrogen) atoms. The summed E-state index contributed by atoms with van der Waals surface area (Å²) in [6.07, 6.45) is 1.59. The zero-order chi connectivity index (χ0) is 17.8. The molecule has 0 bridgehead atoms. The van der Waals surface area contributed by atoms with Gasteiger partial charge in [0.05, 0.1) is 11.1 Å². The number of hydrogen-bond donors (Lipinski definition) is 2. The molecule has 2 N–H and O–H groups in total. The number of ether oxygens (including phenoxy) is 1. The van der Waals surface area contributed by atoms with Gasteiger partial charge in [-0.05, 0) is 64.0 Å². The van der Waals surface area contributed by atoms with Gasteiger partial charge in [0, 0.05) is 5.69 Å². The summed E-state index contributed by atoms with van der Waals surface area (Å²) in [6, 6.07) is 8.47. The van der Waals surface area contributed by atoms with Gasteiger partial charge >= 0.3 is 5.97 Å². The van der Waals surface area contributed by atoms with Crippen LogP contribution in [-0.4, -0.2) is 31.1 Å². The number of furan rings is 1. The maximum absolute atomic E-state index is 12.4. The molecule has 1 aliphatic heterocycles. The van der Waals surface area contributed by atoms with Crippen LogP contribution in [0.1, 0.15) is 45.1 Å². The lowest BCUT2D eigenvalue weighted by molar-refractivity contribution is 0.0229. The van der Waals surface area contributed by atoms with Gasteiger partial charge in [0.1, 0.15) is 17.6 Å². The van der Waals surface area contributed by atoms with Crippen molar-refractivity contribution < 1.29 is 18.7 Å². The van der Waals surface area contributed by atoms with E-state index in [1.54, 1.807) is 44.2 Å². The molecule has 1 aromatic carbocycles. The molecule has 1 saturated heterocycles. The lowest BCUT2D eigenvalue weighted by Crippen LogP contribution is -2.33. The number of halogens is 1. The molecule has 0 saturated carbocycles. The van der Waals surface area contributed by atoms with Gasteiger partial charge in [0.15, 0.2) is 0 Å². The van der Waals surface area contributed by atoms with Crippen LogP contribution in [-0.2, 0) is 4.74 Å². The summed E-state index contributed by atoms with van der Waals surface area (Å²) in [7, 11) is 0. The van der Waals surface area contributed by atoms with Crippen LogP contribution in [0.5, 0.6) is 0 Å². The highest BCUT2D eigenvalue weighted by Gasteiger charge is 2.19. The highest BCUT2D eigenvalue weighted by molar-refractivity contribution is 6.05. The lowest BCUT2D eigenvalue weighted by Gasteiger charge is -2.22. The minimum Gasteiger partial charge on any atom is -0.466 e. The van der Waals surface area contributed by atoms with E-state index in [4.69, 9.17) is 9.15 Å². The molecule has 0 spiro atoms. The van der Waals surface area contributed by atoms with Gasteiger partial charge < -0.3 is 19.8 Å². The van der Waals surface area contributed by atoms with E-state index in [-0.39, 0.29) is 30.4 Å². The minimum absolute atomic E-state index is 0. The number of rotatable bonds is 4. The number of nitrogens with one attached hydrogen (secondary N) is 2. The van der Waals surface area contributed by atoms with E-state index in [1.807, 2.05) is 0 Å². The predicted octanol–water partition coefficient (Wildman–Crippen LogP) is 3.48. The normalized spacial score (nSPS) is 14.4. The zero-order valence-corrected chi connectivity index (χ0v) is 15.7. The smallest absolute Gasteiger partial charge is 0.338 e. The lowest BCUT2D eigenvalue weighted by atomic mass is 10.1. The van der Waals surface area contributed by atoms with E-state index >= 15 is 0 Å². The van der Waals surface area contributed by atoms with E-state index in [0.717, 1.165) is 25.9 Å². The summed E-state index contributed by atoms with van der Waals surface area (Å²) in [5.41, 5.74) is 1.46. The highest BCUT2D eigenvalue weighted by atomic mass is 35.5. The molecule has 1 fully saturated rings. The summed E-state index contributed by atoms with van der Waals surface area (Å²) < 4.78 is 10.9. The van der Waals surface area contributed by atoms with Crippen LogP contribution in [0.25, 0.3) is 0 Å². The summed E-state index contributed by atoms with van der Waals surface area (Å²) >= 11 is 0. The second kappa shape index (κ2) is 8.87. The van der Waals surface area contributed by atoms with Crippen molar-refractivity contribution in [2.24, 2.45) is 0 Å². The molecule has 1 aliphatic rings. The van der Waals surface area contributed by atoms with Crippen LogP contribution < -0.4 is 10.6 Å². The Hall–Kier alpha value is -2.31. The average Bonchev–Trinajstić information content (AvgIpc) is 2.94. The molecule has 0 radical (unpaired) electrons. The molecule has 0 atom stereocenters. The minimum atomic E-state index is -0.363. The SMILES string of the molecule is Cc1cc(C(=O)Nc2cccc(C(=O)OC3CCNCC3)c2)c(C)o1.Cl. The fourth-order valence-corrected chi connectivity index (χ4v) is 2.91. The highest BCUT2D eigenvalue weighted by Crippen LogP contribution is 2.18. The van der Waals surface area contributed by atoms with Crippen LogP contribution in [0.3, 0.4) is 0 Å². The topological polar surface area (TPSA) is 80.6 Å². The molecular weight excluding hydrogens is 356 g/mol. The van der Waals surface area contributed by atoms with Gasteiger partial charge in [-0.15, -0.1) is 12.4 Å². The number of piperidine rings is 1. The molecular formula is C19H23ClN2O4. The molecule has 140 valence electrons. The van der Waals surface area contributed by atoms with Crippen molar-refractivity contribution in [3.63, 3.8) is 0 Å². The average molecular weight is 379 g/mol. The first-order valence-corrected chi connectivity index (χ1v) is 8.43. The Labute approximate surface area is 158 Å². The van der Waals surface area contributed by atoms with E-state index in [0.29, 0.717) is 28.3 Å². The third-order valence-electron chi connectivity index (χ3n) is 4.20. The second-order valence-electron chi connectivity index (χ2n) is 6.22. The molecule has 3 rings (SSSR count). The molecule has 1 amide bonds. The number of carbonyl (C=O) groups excluding carboxylic acids is 2. The first-order chi connectivity index (χ1) is 12.0. The van der Waals surface area contributed by atoms with E-state index in [1.165, 1.54) is 0 Å². The fourth-order valence-electron chi connectivity index (χ4n) is 2.91. The zero-order valence-electron chi connectivity index (χ0n) is 14.8. The van der Waals surface area contributed by atoms with Crippen LogP contribution in [0.4, 0.5) is 5.69 Å². The Morgan fingerprint density at radius 1 is 1.19 bits per heavy atom. The standard InChI is InChI=1S/C19H22N2O4.ClH/c1-12-10-17(13(2)24-12)18(22)21-15-5-3-4-14(11-15)19(23)25-16-6-8-20-9-7-16;/h3-5,10-11,16,20H,6-9H2,1-2H3,(H,21,22);1H. The number of amides is 1. The van der Waals surface area contributed by atoms with Gasteiger partial charge in [0.2, 0.25) is 0 Å². The maximum Gasteiger partial charge on any atom is 0.338 e. The van der Waals surface area contributed by atoms with E-state index < -0.39 is 0 Å². The van der Waals surface area contributed by atoms with E-state index in [9.17, 15) is 9.59 Å². The fraction of sp³-hybridized carbons (Fsp3) is 0.368. The van der Waals surface area contributed by atoms with Crippen molar-refractivity contribution in [1.82, 2.24) is 5.32 Å². The summed E-state index contributed by atoms with van der Waals surface area (Å²) in [4.78, 5) is 24.7. The van der Waals surface area contributed by atoms with Crippen molar-refractivity contribution in [2.75, 3.05) is 18.4 Å². The third kappa shape index (κ3) is 4.86. The molecule has 0 unspecified atom stereocenters. The molecule has 2 aromatic rings. The van der Waals surface area contributed by atoms with Crippen molar-refractivity contribution >= 4 is 30.0 Å². The van der Waals surface area contributed by atoms with Crippen molar-refractivity contribution in [1.29, 1.82) is 0 Å². The van der Waals surface area contributed by atoms with Gasteiger partial charge in [-0.2, -0.15) is 0 Å². The molecule has 2 heterocycles. The Morgan fingerprint density at radius 3 is 2.58 bits per heavy atom. The number of esters is 1. The Kier molecular flexibility index (Phi) is 6.83. The largest absolute Gasteiger partial charge is 0.466 e. The quantitative estimate of drug-likeness (QED) is 0.796. The molecule has 0 aliphatic carbocycles. The van der Waals surface area contributed by atoms with Gasteiger partial charge in [-0.25, -0.2) is 4.79 Å². The van der Waals surface area contributed by atoms with Crippen LogP contribution in [0, 0.1) is 13.8 Å². The van der Waals surface area contributed by atoms with E-state index in [2.05, 4.69) is 10.6 Å². The number of hydrogen-bond acceptors (Lipinski definition) is 5. The van der Waals surface area contributed by atoms with Gasteiger partial charge in [-0.1, -0.05) is 6.07 Å². The summed E-state index contributed by atoms with van der Waals surface area (Å²) in [6.45, 7) is 5.25. The predicted molar refractivity (Wildman–Crippen MR) is 101 cm³/mol. The van der Waals surface area contributed by atoms with Crippen LogP contribution in [0.15, 0.2) is 34.7 Å². The Morgan fingerprint density at radius 2 is 1.92 bits per heavy atom.